The molecule has 0 saturated carbocycles. The van der Waals surface area contributed by atoms with Gasteiger partial charge in [0.25, 0.3) is 0 Å². The van der Waals surface area contributed by atoms with Crippen molar-refractivity contribution in [1.29, 1.82) is 0 Å². The van der Waals surface area contributed by atoms with Crippen LogP contribution in [0.5, 0.6) is 0 Å². The minimum absolute atomic E-state index is 0.0378. The summed E-state index contributed by atoms with van der Waals surface area (Å²) in [5.74, 6) is -3.93. The van der Waals surface area contributed by atoms with Gasteiger partial charge in [0, 0.05) is 0 Å². The van der Waals surface area contributed by atoms with Crippen LogP contribution < -0.4 is 0 Å². The van der Waals surface area contributed by atoms with E-state index >= 15 is 0 Å². The van der Waals surface area contributed by atoms with Crippen molar-refractivity contribution in [2.24, 2.45) is 0 Å². The molecule has 0 aliphatic carbocycles. The molecule has 0 aliphatic rings. The van der Waals surface area contributed by atoms with Crippen molar-refractivity contribution in [2.75, 3.05) is 6.61 Å². The first-order chi connectivity index (χ1) is 8.39. The number of carbonyl (C=O) groups excluding carboxylic acids is 2. The molecule has 0 atom stereocenters. The van der Waals surface area contributed by atoms with Crippen LogP contribution in [0.3, 0.4) is 0 Å². The van der Waals surface area contributed by atoms with Crippen molar-refractivity contribution < 1.29 is 32.2 Å². The third kappa shape index (κ3) is 4.96. The lowest BCUT2D eigenvalue weighted by molar-refractivity contribution is -0.203. The predicted octanol–water partition coefficient (Wildman–Crippen LogP) is 1.84. The molecule has 0 heterocycles. The van der Waals surface area contributed by atoms with Crippen molar-refractivity contribution in [2.45, 2.75) is 12.8 Å². The molecule has 1 rings (SSSR count). The van der Waals surface area contributed by atoms with E-state index in [0.717, 1.165) is 5.56 Å². The molecule has 0 radical (unpaired) electrons. The Labute approximate surface area is 100 Å². The zero-order valence-electron chi connectivity index (χ0n) is 9.07. The number of halogens is 3. The first kappa shape index (κ1) is 14.2. The standard InChI is InChI=1S/C11H9F3O4/c12-11(13,14)10(16)18-9(15)7-17-6-8-4-2-1-3-5-8/h1-5H,6-7H2. The van der Waals surface area contributed by atoms with Gasteiger partial charge < -0.3 is 9.47 Å². The van der Waals surface area contributed by atoms with Gasteiger partial charge in [-0.2, -0.15) is 13.2 Å². The van der Waals surface area contributed by atoms with Gasteiger partial charge in [-0.15, -0.1) is 0 Å². The Balaban J connectivity index is 2.28. The highest BCUT2D eigenvalue weighted by molar-refractivity contribution is 5.88. The van der Waals surface area contributed by atoms with Crippen molar-refractivity contribution in [3.63, 3.8) is 0 Å². The molecule has 0 aliphatic heterocycles. The van der Waals surface area contributed by atoms with E-state index in [1.807, 2.05) is 0 Å². The summed E-state index contributed by atoms with van der Waals surface area (Å²) in [6.45, 7) is -0.688. The Morgan fingerprint density at radius 3 is 2.28 bits per heavy atom. The molecule has 4 nitrogen and oxygen atoms in total. The third-order valence-electron chi connectivity index (χ3n) is 1.77. The predicted molar refractivity (Wildman–Crippen MR) is 53.3 cm³/mol. The average Bonchev–Trinajstić information content (AvgIpc) is 2.29. The third-order valence-corrected chi connectivity index (χ3v) is 1.77. The number of carbonyl (C=O) groups is 2. The van der Waals surface area contributed by atoms with Crippen molar-refractivity contribution in [1.82, 2.24) is 0 Å². The number of hydrogen-bond acceptors (Lipinski definition) is 4. The van der Waals surface area contributed by atoms with Gasteiger partial charge in [-0.3, -0.25) is 0 Å². The van der Waals surface area contributed by atoms with Crippen LogP contribution in [-0.2, 0) is 25.7 Å². The monoisotopic (exact) mass is 262 g/mol. The van der Waals surface area contributed by atoms with Gasteiger partial charge in [0.05, 0.1) is 6.61 Å². The van der Waals surface area contributed by atoms with Gasteiger partial charge in [0.15, 0.2) is 0 Å². The molecular weight excluding hydrogens is 253 g/mol. The SMILES string of the molecule is O=C(COCc1ccccc1)OC(=O)C(F)(F)F. The Morgan fingerprint density at radius 1 is 1.11 bits per heavy atom. The van der Waals surface area contributed by atoms with Crippen LogP contribution in [0.25, 0.3) is 0 Å². The number of alkyl halides is 3. The van der Waals surface area contributed by atoms with Gasteiger partial charge in [0.1, 0.15) is 6.61 Å². The topological polar surface area (TPSA) is 52.6 Å². The molecule has 0 saturated heterocycles. The zero-order valence-corrected chi connectivity index (χ0v) is 9.07. The smallest absolute Gasteiger partial charge is 0.385 e. The molecule has 98 valence electrons. The van der Waals surface area contributed by atoms with Crippen LogP contribution in [0, 0.1) is 0 Å². The maximum absolute atomic E-state index is 11.7. The largest absolute Gasteiger partial charge is 0.491 e. The van der Waals surface area contributed by atoms with Crippen LogP contribution in [-0.4, -0.2) is 24.7 Å². The van der Waals surface area contributed by atoms with Crippen molar-refractivity contribution >= 4 is 11.9 Å². The highest BCUT2D eigenvalue weighted by Crippen LogP contribution is 2.16. The van der Waals surface area contributed by atoms with E-state index in [4.69, 9.17) is 4.74 Å². The molecular formula is C11H9F3O4. The maximum Gasteiger partial charge on any atom is 0.491 e. The fourth-order valence-corrected chi connectivity index (χ4v) is 1.02. The van der Waals surface area contributed by atoms with Gasteiger partial charge in [-0.05, 0) is 5.56 Å². The molecule has 0 amide bonds. The second-order valence-corrected chi connectivity index (χ2v) is 3.24. The first-order valence-corrected chi connectivity index (χ1v) is 4.83. The average molecular weight is 262 g/mol. The molecule has 0 bridgehead atoms. The fourth-order valence-electron chi connectivity index (χ4n) is 1.02. The molecule has 0 aromatic heterocycles. The number of ether oxygens (including phenoxy) is 2. The van der Waals surface area contributed by atoms with Crippen LogP contribution in [0.2, 0.25) is 0 Å². The highest BCUT2D eigenvalue weighted by Gasteiger charge is 2.42. The summed E-state index contributed by atoms with van der Waals surface area (Å²) >= 11 is 0. The van der Waals surface area contributed by atoms with E-state index in [1.165, 1.54) is 0 Å². The molecule has 18 heavy (non-hydrogen) atoms. The van der Waals surface area contributed by atoms with E-state index in [2.05, 4.69) is 4.74 Å². The van der Waals surface area contributed by atoms with Crippen LogP contribution >= 0.6 is 0 Å². The Hall–Kier alpha value is -1.89. The number of rotatable bonds is 4. The Morgan fingerprint density at radius 2 is 1.72 bits per heavy atom. The number of benzene rings is 1. The number of esters is 2. The highest BCUT2D eigenvalue weighted by atomic mass is 19.4. The van der Waals surface area contributed by atoms with Crippen LogP contribution in [0.15, 0.2) is 30.3 Å². The summed E-state index contributed by atoms with van der Waals surface area (Å²) in [4.78, 5) is 21.1. The quantitative estimate of drug-likeness (QED) is 0.613. The maximum atomic E-state index is 11.7. The molecule has 7 heteroatoms. The first-order valence-electron chi connectivity index (χ1n) is 4.83. The van der Waals surface area contributed by atoms with Crippen LogP contribution in [0.4, 0.5) is 13.2 Å². The van der Waals surface area contributed by atoms with E-state index < -0.39 is 24.7 Å². The minimum atomic E-state index is -5.19. The van der Waals surface area contributed by atoms with Crippen LogP contribution in [0.1, 0.15) is 5.56 Å². The molecule has 1 aromatic rings. The van der Waals surface area contributed by atoms with Gasteiger partial charge in [-0.25, -0.2) is 9.59 Å². The van der Waals surface area contributed by atoms with Gasteiger partial charge >= 0.3 is 18.1 Å². The molecule has 0 fully saturated rings. The normalized spacial score (nSPS) is 11.1. The lowest BCUT2D eigenvalue weighted by atomic mass is 10.2. The summed E-state index contributed by atoms with van der Waals surface area (Å²) in [7, 11) is 0. The summed E-state index contributed by atoms with van der Waals surface area (Å²) in [5, 5.41) is 0. The summed E-state index contributed by atoms with van der Waals surface area (Å²) in [5.41, 5.74) is 0.743. The van der Waals surface area contributed by atoms with E-state index in [1.54, 1.807) is 30.3 Å². The second kappa shape index (κ2) is 6.15. The fraction of sp³-hybridized carbons (Fsp3) is 0.273. The van der Waals surface area contributed by atoms with Gasteiger partial charge in [-0.1, -0.05) is 30.3 Å². The summed E-state index contributed by atoms with van der Waals surface area (Å²) < 4.78 is 43.5. The van der Waals surface area contributed by atoms with E-state index in [0.29, 0.717) is 0 Å². The lowest BCUT2D eigenvalue weighted by Crippen LogP contribution is -2.29. The Bertz CT molecular complexity index is 414. The zero-order chi connectivity index (χ0) is 13.6. The van der Waals surface area contributed by atoms with E-state index in [-0.39, 0.29) is 6.61 Å². The molecule has 1 aromatic carbocycles. The summed E-state index contributed by atoms with van der Waals surface area (Å²) in [6.07, 6.45) is -5.19. The second-order valence-electron chi connectivity index (χ2n) is 3.24. The Kier molecular flexibility index (Phi) is 4.85. The van der Waals surface area contributed by atoms with E-state index in [9.17, 15) is 22.8 Å². The van der Waals surface area contributed by atoms with Crippen molar-refractivity contribution in [3.05, 3.63) is 35.9 Å². The van der Waals surface area contributed by atoms with Crippen molar-refractivity contribution in [3.8, 4) is 0 Å². The number of hydrogen-bond donors (Lipinski definition) is 0. The minimum Gasteiger partial charge on any atom is -0.385 e. The molecule has 0 N–H and O–H groups in total. The molecule has 0 spiro atoms. The van der Waals surface area contributed by atoms with Gasteiger partial charge in [0.2, 0.25) is 0 Å². The molecule has 0 unspecified atom stereocenters. The summed E-state index contributed by atoms with van der Waals surface area (Å²) in [6, 6.07) is 8.69. The lowest BCUT2D eigenvalue weighted by Gasteiger charge is -2.06.